The summed E-state index contributed by atoms with van der Waals surface area (Å²) in [6.07, 6.45) is 2.23. The predicted octanol–water partition coefficient (Wildman–Crippen LogP) is 6.38. The fourth-order valence-corrected chi connectivity index (χ4v) is 8.56. The first-order valence-corrected chi connectivity index (χ1v) is 14.3. The number of aryl methyl sites for hydroxylation is 3. The third kappa shape index (κ3) is 2.73. The van der Waals surface area contributed by atoms with E-state index < -0.39 is 8.80 Å². The van der Waals surface area contributed by atoms with Crippen molar-refractivity contribution in [3.63, 3.8) is 0 Å². The van der Waals surface area contributed by atoms with Crippen LogP contribution < -0.4 is 14.9 Å². The average Bonchev–Trinajstić information content (AvgIpc) is 3.35. The van der Waals surface area contributed by atoms with Crippen LogP contribution in [0.3, 0.4) is 0 Å². The summed E-state index contributed by atoms with van der Waals surface area (Å²) < 4.78 is 8.82. The average molecular weight is 470 g/mol. The molecule has 0 saturated heterocycles. The van der Waals surface area contributed by atoms with E-state index in [0.29, 0.717) is 0 Å². The van der Waals surface area contributed by atoms with Gasteiger partial charge in [0.25, 0.3) is 0 Å². The van der Waals surface area contributed by atoms with Gasteiger partial charge in [-0.1, -0.05) is 54.6 Å². The minimum absolute atomic E-state index is 0.836. The molecule has 2 nitrogen and oxygen atoms in total. The molecular formula is C32H27NOSi+. The van der Waals surface area contributed by atoms with Crippen LogP contribution in [0.15, 0.2) is 77.3 Å². The number of furan rings is 1. The molecular weight excluding hydrogens is 442 g/mol. The maximum atomic E-state index is 6.55. The Morgan fingerprint density at radius 2 is 1.60 bits per heavy atom. The molecule has 0 saturated carbocycles. The summed E-state index contributed by atoms with van der Waals surface area (Å²) in [4.78, 5) is 0. The van der Waals surface area contributed by atoms with E-state index in [0.717, 1.165) is 11.2 Å². The van der Waals surface area contributed by atoms with E-state index in [9.17, 15) is 0 Å². The Hall–Kier alpha value is -3.69. The summed E-state index contributed by atoms with van der Waals surface area (Å²) in [5, 5.41) is 8.13. The molecule has 3 heterocycles. The molecule has 0 atom stereocenters. The Balaban J connectivity index is 1.60. The molecule has 1 aliphatic rings. The Morgan fingerprint density at radius 3 is 2.46 bits per heavy atom. The fraction of sp³-hybridized carbons (Fsp3) is 0.156. The smallest absolute Gasteiger partial charge is 0.224 e. The molecule has 2 aromatic heterocycles. The molecule has 1 aliphatic heterocycles. The molecule has 0 bridgehead atoms. The Bertz CT molecular complexity index is 1860. The lowest BCUT2D eigenvalue weighted by Gasteiger charge is -2.14. The van der Waals surface area contributed by atoms with E-state index in [-0.39, 0.29) is 0 Å². The van der Waals surface area contributed by atoms with Crippen molar-refractivity contribution in [2.24, 2.45) is 7.05 Å². The molecule has 0 unspecified atom stereocenters. The molecule has 7 rings (SSSR count). The second-order valence-electron chi connectivity index (χ2n) is 10.1. The highest BCUT2D eigenvalue weighted by Gasteiger charge is 2.32. The number of pyridine rings is 1. The van der Waals surface area contributed by atoms with Crippen LogP contribution in [0.4, 0.5) is 0 Å². The van der Waals surface area contributed by atoms with Crippen LogP contribution in [0, 0.1) is 20.8 Å². The molecule has 0 amide bonds. The van der Waals surface area contributed by atoms with Crippen molar-refractivity contribution in [1.29, 1.82) is 0 Å². The van der Waals surface area contributed by atoms with Gasteiger partial charge < -0.3 is 4.42 Å². The first kappa shape index (κ1) is 20.7. The molecule has 35 heavy (non-hydrogen) atoms. The second kappa shape index (κ2) is 7.16. The summed E-state index contributed by atoms with van der Waals surface area (Å²) in [6.45, 7) is 9.09. The van der Waals surface area contributed by atoms with Gasteiger partial charge in [0.1, 0.15) is 27.0 Å². The van der Waals surface area contributed by atoms with Crippen LogP contribution in [-0.4, -0.2) is 8.80 Å². The van der Waals surface area contributed by atoms with Crippen molar-refractivity contribution < 1.29 is 8.98 Å². The van der Waals surface area contributed by atoms with Crippen molar-refractivity contribution in [3.8, 4) is 22.4 Å². The summed E-state index contributed by atoms with van der Waals surface area (Å²) >= 11 is 0. The van der Waals surface area contributed by atoms with Gasteiger partial charge in [-0.2, -0.15) is 0 Å². The lowest BCUT2D eigenvalue weighted by atomic mass is 9.92. The Labute approximate surface area is 207 Å². The fourth-order valence-electron chi connectivity index (χ4n) is 6.10. The van der Waals surface area contributed by atoms with Gasteiger partial charge in [0, 0.05) is 16.8 Å². The van der Waals surface area contributed by atoms with Gasteiger partial charge in [-0.25, -0.2) is 4.57 Å². The molecule has 0 N–H and O–H groups in total. The number of nitrogens with zero attached hydrogens (tertiary/aromatic N) is 1. The molecule has 169 valence electrons. The highest BCUT2D eigenvalue weighted by Crippen LogP contribution is 2.41. The van der Waals surface area contributed by atoms with Crippen LogP contribution >= 0.6 is 0 Å². The van der Waals surface area contributed by atoms with Gasteiger partial charge >= 0.3 is 0 Å². The van der Waals surface area contributed by atoms with Gasteiger partial charge in [-0.05, 0) is 77.0 Å². The highest BCUT2D eigenvalue weighted by atomic mass is 28.3. The van der Waals surface area contributed by atoms with Gasteiger partial charge in [0.05, 0.1) is 10.9 Å². The van der Waals surface area contributed by atoms with Gasteiger partial charge in [0.2, 0.25) is 5.69 Å². The molecule has 6 aromatic rings. The maximum absolute atomic E-state index is 6.55. The van der Waals surface area contributed by atoms with Crippen molar-refractivity contribution in [1.82, 2.24) is 0 Å². The largest absolute Gasteiger partial charge is 0.455 e. The zero-order chi connectivity index (χ0) is 24.0. The van der Waals surface area contributed by atoms with Crippen LogP contribution in [0.1, 0.15) is 16.7 Å². The normalized spacial score (nSPS) is 13.2. The lowest BCUT2D eigenvalue weighted by molar-refractivity contribution is -0.659. The molecule has 0 spiro atoms. The van der Waals surface area contributed by atoms with Crippen LogP contribution in [0.5, 0.6) is 0 Å². The monoisotopic (exact) mass is 469 g/mol. The molecule has 0 aliphatic carbocycles. The third-order valence-corrected chi connectivity index (χ3v) is 10.5. The molecule has 0 fully saturated rings. The first-order chi connectivity index (χ1) is 16.9. The Morgan fingerprint density at radius 1 is 0.771 bits per heavy atom. The number of para-hydroxylation sites is 1. The zero-order valence-corrected chi connectivity index (χ0v) is 21.8. The number of hydrogen-bond donors (Lipinski definition) is 0. The number of hydrogen-bond acceptors (Lipinski definition) is 1. The van der Waals surface area contributed by atoms with Gasteiger partial charge in [-0.3, -0.25) is 0 Å². The summed E-state index contributed by atoms with van der Waals surface area (Å²) in [6, 6.07) is 24.7. The Kier molecular flexibility index (Phi) is 4.22. The van der Waals surface area contributed by atoms with E-state index in [4.69, 9.17) is 4.42 Å². The number of fused-ring (bicyclic) bond motifs is 8. The summed E-state index contributed by atoms with van der Waals surface area (Å²) in [5.41, 5.74) is 11.1. The standard InChI is InChI=1S/C32H27NOSi/c1-18-10-13-28-25(16-18)23-12-11-22-24(32(23)35(28)5)14-15-33(4)30(22)29-20(3)19(2)17-26-21-8-6-7-9-27(21)34-31(26)29/h6-17H,1-5H3/q+1. The lowest BCUT2D eigenvalue weighted by Crippen LogP contribution is -2.36. The highest BCUT2D eigenvalue weighted by molar-refractivity contribution is 6.90. The number of rotatable bonds is 1. The van der Waals surface area contributed by atoms with Crippen LogP contribution in [-0.2, 0) is 7.05 Å². The summed E-state index contributed by atoms with van der Waals surface area (Å²) in [7, 11) is 1.33. The van der Waals surface area contributed by atoms with E-state index >= 15 is 0 Å². The van der Waals surface area contributed by atoms with Crippen molar-refractivity contribution in [2.75, 3.05) is 0 Å². The number of aromatic nitrogens is 1. The SMILES string of the molecule is Cc1ccc2c(c1)-c1ccc3c(-c4c(C)c(C)cc5c4oc4ccccc45)[n+](C)ccc3c1[Si]2C. The second-order valence-corrected chi connectivity index (χ2v) is 12.4. The van der Waals surface area contributed by atoms with Crippen molar-refractivity contribution in [2.45, 2.75) is 27.3 Å². The third-order valence-electron chi connectivity index (χ3n) is 7.99. The quantitative estimate of drug-likeness (QED) is 0.202. The van der Waals surface area contributed by atoms with E-state index in [1.165, 1.54) is 65.8 Å². The zero-order valence-electron chi connectivity index (χ0n) is 20.8. The van der Waals surface area contributed by atoms with Crippen molar-refractivity contribution in [3.05, 3.63) is 89.6 Å². The minimum atomic E-state index is -0.836. The van der Waals surface area contributed by atoms with Gasteiger partial charge in [-0.15, -0.1) is 0 Å². The molecule has 1 radical (unpaired) electrons. The molecule has 3 heteroatoms. The predicted molar refractivity (Wildman–Crippen MR) is 148 cm³/mol. The van der Waals surface area contributed by atoms with Gasteiger partial charge in [0.15, 0.2) is 6.20 Å². The topological polar surface area (TPSA) is 17.0 Å². The number of benzene rings is 4. The maximum Gasteiger partial charge on any atom is 0.224 e. The van der Waals surface area contributed by atoms with E-state index in [1.54, 1.807) is 5.19 Å². The summed E-state index contributed by atoms with van der Waals surface area (Å²) in [5.74, 6) is 0. The van der Waals surface area contributed by atoms with Crippen molar-refractivity contribution >= 4 is 51.9 Å². The van der Waals surface area contributed by atoms with E-state index in [1.807, 2.05) is 0 Å². The molecule has 4 aromatic carbocycles. The van der Waals surface area contributed by atoms with Crippen LogP contribution in [0.2, 0.25) is 6.55 Å². The van der Waals surface area contributed by atoms with Crippen LogP contribution in [0.25, 0.3) is 55.1 Å². The van der Waals surface area contributed by atoms with E-state index in [2.05, 4.69) is 112 Å². The minimum Gasteiger partial charge on any atom is -0.455 e. The first-order valence-electron chi connectivity index (χ1n) is 12.3.